The molecule has 0 amide bonds. The lowest BCUT2D eigenvalue weighted by Gasteiger charge is -2.33. The maximum Gasteiger partial charge on any atom is 0.184 e. The lowest BCUT2D eigenvalue weighted by Crippen LogP contribution is -3.15. The van der Waals surface area contributed by atoms with Gasteiger partial charge in [0.05, 0.1) is 38.1 Å². The fourth-order valence-electron chi connectivity index (χ4n) is 4.32. The van der Waals surface area contributed by atoms with Crippen molar-refractivity contribution in [3.05, 3.63) is 41.2 Å². The van der Waals surface area contributed by atoms with Crippen LogP contribution in [0.25, 0.3) is 16.7 Å². The molecular weight excluding hydrogens is 348 g/mol. The molecule has 0 aliphatic carbocycles. The second-order valence-corrected chi connectivity index (χ2v) is 8.24. The second-order valence-electron chi connectivity index (χ2n) is 8.24. The highest BCUT2D eigenvalue weighted by Gasteiger charge is 2.24. The van der Waals surface area contributed by atoms with E-state index < -0.39 is 0 Å². The summed E-state index contributed by atoms with van der Waals surface area (Å²) >= 11 is 0. The second kappa shape index (κ2) is 7.51. The van der Waals surface area contributed by atoms with Crippen LogP contribution in [-0.4, -0.2) is 52.3 Å². The number of piperazine rings is 1. The molecule has 3 aromatic rings. The predicted octanol–water partition coefficient (Wildman–Crippen LogP) is 2.13. The fourth-order valence-corrected chi connectivity index (χ4v) is 4.32. The number of rotatable bonds is 5. The molecule has 1 N–H and O–H groups in total. The number of fused-ring (bicyclic) bond motifs is 3. The minimum absolute atomic E-state index is 0.798. The van der Waals surface area contributed by atoms with Crippen LogP contribution in [0.4, 0.5) is 5.82 Å². The quantitative estimate of drug-likeness (QED) is 0.690. The van der Waals surface area contributed by atoms with E-state index in [1.807, 2.05) is 11.4 Å². The van der Waals surface area contributed by atoms with Crippen LogP contribution in [0, 0.1) is 13.8 Å². The predicted molar refractivity (Wildman–Crippen MR) is 114 cm³/mol. The molecule has 4 heterocycles. The molecule has 1 saturated heterocycles. The third-order valence-electron chi connectivity index (χ3n) is 5.56. The SMILES string of the molecule is C=C(C)C[NH+]1CCN(c2cc(CCC)nc3c4c(C)cc(C)nc4nn23)CC1. The van der Waals surface area contributed by atoms with E-state index in [0.717, 1.165) is 79.5 Å². The first kappa shape index (κ1) is 18.9. The van der Waals surface area contributed by atoms with E-state index in [2.05, 4.69) is 49.4 Å². The Labute approximate surface area is 166 Å². The van der Waals surface area contributed by atoms with Crippen molar-refractivity contribution < 1.29 is 4.90 Å². The number of hydrogen-bond acceptors (Lipinski definition) is 4. The number of anilines is 1. The van der Waals surface area contributed by atoms with Crippen LogP contribution in [0.3, 0.4) is 0 Å². The van der Waals surface area contributed by atoms with Crippen molar-refractivity contribution in [3.8, 4) is 0 Å². The van der Waals surface area contributed by atoms with Gasteiger partial charge < -0.3 is 9.80 Å². The topological polar surface area (TPSA) is 50.8 Å². The Kier molecular flexibility index (Phi) is 5.06. The number of aryl methyl sites for hydroxylation is 3. The maximum absolute atomic E-state index is 4.97. The molecule has 0 atom stereocenters. The number of hydrogen-bond donors (Lipinski definition) is 1. The van der Waals surface area contributed by atoms with E-state index in [1.54, 1.807) is 4.90 Å². The zero-order chi connectivity index (χ0) is 19.8. The lowest BCUT2D eigenvalue weighted by atomic mass is 10.1. The van der Waals surface area contributed by atoms with Crippen molar-refractivity contribution in [2.24, 2.45) is 0 Å². The summed E-state index contributed by atoms with van der Waals surface area (Å²) in [5.41, 5.74) is 6.34. The molecule has 6 nitrogen and oxygen atoms in total. The molecule has 1 fully saturated rings. The first-order valence-electron chi connectivity index (χ1n) is 10.4. The van der Waals surface area contributed by atoms with Gasteiger partial charge in [0.1, 0.15) is 5.82 Å². The molecule has 0 bridgehead atoms. The van der Waals surface area contributed by atoms with Crippen molar-refractivity contribution >= 4 is 22.5 Å². The Morgan fingerprint density at radius 2 is 1.93 bits per heavy atom. The number of nitrogens with zero attached hydrogens (tertiary/aromatic N) is 5. The summed E-state index contributed by atoms with van der Waals surface area (Å²) < 4.78 is 2.02. The van der Waals surface area contributed by atoms with Gasteiger partial charge in [-0.15, -0.1) is 5.10 Å². The van der Waals surface area contributed by atoms with Gasteiger partial charge in [0, 0.05) is 17.5 Å². The summed E-state index contributed by atoms with van der Waals surface area (Å²) in [6.45, 7) is 17.9. The lowest BCUT2D eigenvalue weighted by molar-refractivity contribution is -0.895. The van der Waals surface area contributed by atoms with Gasteiger partial charge in [-0.3, -0.25) is 0 Å². The number of aromatic nitrogens is 4. The average Bonchev–Trinajstić information content (AvgIpc) is 3.00. The summed E-state index contributed by atoms with van der Waals surface area (Å²) in [6.07, 6.45) is 2.07. The minimum atomic E-state index is 0.798. The van der Waals surface area contributed by atoms with E-state index in [-0.39, 0.29) is 0 Å². The summed E-state index contributed by atoms with van der Waals surface area (Å²) in [7, 11) is 0. The van der Waals surface area contributed by atoms with Gasteiger partial charge in [0.15, 0.2) is 11.3 Å². The van der Waals surface area contributed by atoms with Crippen LogP contribution in [0.2, 0.25) is 0 Å². The molecule has 0 saturated carbocycles. The van der Waals surface area contributed by atoms with Crippen molar-refractivity contribution in [1.29, 1.82) is 0 Å². The average molecular weight is 380 g/mol. The Morgan fingerprint density at radius 1 is 1.18 bits per heavy atom. The van der Waals surface area contributed by atoms with Crippen LogP contribution in [0.15, 0.2) is 24.3 Å². The molecule has 0 spiro atoms. The molecule has 0 radical (unpaired) electrons. The molecule has 0 aromatic carbocycles. The highest BCUT2D eigenvalue weighted by atomic mass is 15.4. The number of quaternary nitrogens is 1. The van der Waals surface area contributed by atoms with Crippen molar-refractivity contribution in [1.82, 2.24) is 19.6 Å². The molecule has 28 heavy (non-hydrogen) atoms. The molecule has 6 heteroatoms. The summed E-state index contributed by atoms with van der Waals surface area (Å²) in [5, 5.41) is 5.94. The highest BCUT2D eigenvalue weighted by Crippen LogP contribution is 2.26. The van der Waals surface area contributed by atoms with Crippen LogP contribution < -0.4 is 9.80 Å². The molecule has 4 rings (SSSR count). The number of pyridine rings is 1. The highest BCUT2D eigenvalue weighted by molar-refractivity contribution is 5.93. The Bertz CT molecular complexity index is 1030. The standard InChI is InChI=1S/C22H30N6/c1-6-7-18-13-19(27-10-8-26(9-11-27)14-15(2)3)28-22(24-18)20-16(4)12-17(5)23-21(20)25-28/h12-13H,2,6-11,14H2,1,3-5H3/p+1. The van der Waals surface area contributed by atoms with E-state index in [4.69, 9.17) is 10.1 Å². The van der Waals surface area contributed by atoms with Crippen LogP contribution >= 0.6 is 0 Å². The third kappa shape index (κ3) is 3.49. The van der Waals surface area contributed by atoms with Gasteiger partial charge in [-0.05, 0) is 44.4 Å². The van der Waals surface area contributed by atoms with Gasteiger partial charge in [-0.25, -0.2) is 9.97 Å². The first-order chi connectivity index (χ1) is 13.5. The summed E-state index contributed by atoms with van der Waals surface area (Å²) in [6, 6.07) is 4.35. The van der Waals surface area contributed by atoms with Gasteiger partial charge in [-0.2, -0.15) is 4.52 Å². The molecule has 1 aliphatic rings. The fraction of sp³-hybridized carbons (Fsp3) is 0.500. The zero-order valence-electron chi connectivity index (χ0n) is 17.5. The van der Waals surface area contributed by atoms with Gasteiger partial charge in [0.2, 0.25) is 0 Å². The van der Waals surface area contributed by atoms with E-state index in [9.17, 15) is 0 Å². The van der Waals surface area contributed by atoms with Crippen molar-refractivity contribution in [2.45, 2.75) is 40.5 Å². The first-order valence-corrected chi connectivity index (χ1v) is 10.4. The van der Waals surface area contributed by atoms with Crippen molar-refractivity contribution in [3.63, 3.8) is 0 Å². The monoisotopic (exact) mass is 379 g/mol. The largest absolute Gasteiger partial charge is 0.345 e. The van der Waals surface area contributed by atoms with Gasteiger partial charge in [-0.1, -0.05) is 19.9 Å². The Hall–Kier alpha value is -2.47. The zero-order valence-corrected chi connectivity index (χ0v) is 17.5. The molecule has 1 aliphatic heterocycles. The Morgan fingerprint density at radius 3 is 2.61 bits per heavy atom. The molecule has 148 valence electrons. The van der Waals surface area contributed by atoms with Crippen LogP contribution in [0.5, 0.6) is 0 Å². The van der Waals surface area contributed by atoms with Crippen molar-refractivity contribution in [2.75, 3.05) is 37.6 Å². The van der Waals surface area contributed by atoms with Crippen LogP contribution in [0.1, 0.15) is 37.2 Å². The Balaban J connectivity index is 1.79. The van der Waals surface area contributed by atoms with Crippen LogP contribution in [-0.2, 0) is 6.42 Å². The molecule has 0 unspecified atom stereocenters. The van der Waals surface area contributed by atoms with Gasteiger partial charge in [0.25, 0.3) is 0 Å². The van der Waals surface area contributed by atoms with E-state index in [0.29, 0.717) is 0 Å². The summed E-state index contributed by atoms with van der Waals surface area (Å²) in [5.74, 6) is 1.15. The minimum Gasteiger partial charge on any atom is -0.345 e. The maximum atomic E-state index is 4.97. The molecular formula is C22H31N6+. The number of nitrogens with one attached hydrogen (secondary N) is 1. The van der Waals surface area contributed by atoms with E-state index >= 15 is 0 Å². The van der Waals surface area contributed by atoms with E-state index in [1.165, 1.54) is 11.1 Å². The summed E-state index contributed by atoms with van der Waals surface area (Å²) in [4.78, 5) is 13.7. The van der Waals surface area contributed by atoms with Gasteiger partial charge >= 0.3 is 0 Å². The molecule has 3 aromatic heterocycles. The smallest absolute Gasteiger partial charge is 0.184 e. The third-order valence-corrected chi connectivity index (χ3v) is 5.56. The normalized spacial score (nSPS) is 15.6.